The standard InChI is InChI=1S/C21H24N6O2/c1-14-18-24-25-19(15-4-2-3-5-15)27(18)12-11-26(14)21(28)23-17-8-6-16(7-9-17)20-22-10-13-29-20/h6-10,13-15H,2-5,11-12H2,1H3,(H,23,28). The lowest BCUT2D eigenvalue weighted by atomic mass is 10.1. The van der Waals surface area contributed by atoms with Crippen molar-refractivity contribution in [1.29, 1.82) is 0 Å². The SMILES string of the molecule is CC1c2nnc(C3CCCC3)n2CCN1C(=O)Nc1ccc(-c2ncco2)cc1. The second kappa shape index (κ2) is 7.35. The molecule has 3 aromatic rings. The molecule has 1 aromatic carbocycles. The first kappa shape index (κ1) is 17.9. The second-order valence-electron chi connectivity index (χ2n) is 7.76. The molecule has 5 rings (SSSR count). The molecule has 150 valence electrons. The molecule has 0 spiro atoms. The number of anilines is 1. The van der Waals surface area contributed by atoms with E-state index in [1.165, 1.54) is 25.7 Å². The lowest BCUT2D eigenvalue weighted by Crippen LogP contribution is -2.43. The summed E-state index contributed by atoms with van der Waals surface area (Å²) in [6.45, 7) is 3.41. The Morgan fingerprint density at radius 1 is 1.10 bits per heavy atom. The highest BCUT2D eigenvalue weighted by atomic mass is 16.3. The monoisotopic (exact) mass is 392 g/mol. The smallest absolute Gasteiger partial charge is 0.322 e. The molecule has 0 bridgehead atoms. The number of aromatic nitrogens is 4. The topological polar surface area (TPSA) is 89.1 Å². The van der Waals surface area contributed by atoms with Crippen LogP contribution in [0, 0.1) is 0 Å². The molecule has 0 radical (unpaired) electrons. The van der Waals surface area contributed by atoms with Gasteiger partial charge in [-0.3, -0.25) is 0 Å². The van der Waals surface area contributed by atoms with Crippen molar-refractivity contribution in [2.75, 3.05) is 11.9 Å². The lowest BCUT2D eigenvalue weighted by molar-refractivity contribution is 0.171. The molecule has 1 unspecified atom stereocenters. The van der Waals surface area contributed by atoms with Crippen LogP contribution in [0.4, 0.5) is 10.5 Å². The van der Waals surface area contributed by atoms with Gasteiger partial charge < -0.3 is 19.2 Å². The first-order chi connectivity index (χ1) is 14.2. The van der Waals surface area contributed by atoms with Gasteiger partial charge in [0.25, 0.3) is 0 Å². The number of urea groups is 1. The van der Waals surface area contributed by atoms with Gasteiger partial charge in [0.1, 0.15) is 12.1 Å². The van der Waals surface area contributed by atoms with Gasteiger partial charge in [-0.1, -0.05) is 12.8 Å². The Kier molecular flexibility index (Phi) is 4.54. The van der Waals surface area contributed by atoms with Gasteiger partial charge in [0.2, 0.25) is 5.89 Å². The highest BCUT2D eigenvalue weighted by Crippen LogP contribution is 2.35. The van der Waals surface area contributed by atoms with E-state index in [1.807, 2.05) is 36.1 Å². The van der Waals surface area contributed by atoms with Crippen LogP contribution in [0.1, 0.15) is 56.2 Å². The predicted octanol–water partition coefficient (Wildman–Crippen LogP) is 4.20. The third-order valence-corrected chi connectivity index (χ3v) is 6.01. The molecule has 3 heterocycles. The number of amides is 2. The van der Waals surface area contributed by atoms with Crippen molar-refractivity contribution >= 4 is 11.7 Å². The van der Waals surface area contributed by atoms with Crippen LogP contribution in [-0.2, 0) is 6.54 Å². The van der Waals surface area contributed by atoms with Crippen molar-refractivity contribution in [2.24, 2.45) is 0 Å². The molecule has 1 atom stereocenters. The zero-order valence-corrected chi connectivity index (χ0v) is 16.4. The van der Waals surface area contributed by atoms with Gasteiger partial charge in [0.05, 0.1) is 12.2 Å². The van der Waals surface area contributed by atoms with E-state index >= 15 is 0 Å². The molecular formula is C21H24N6O2. The Morgan fingerprint density at radius 3 is 2.59 bits per heavy atom. The fraction of sp³-hybridized carbons (Fsp3) is 0.429. The summed E-state index contributed by atoms with van der Waals surface area (Å²) in [5, 5.41) is 11.9. The van der Waals surface area contributed by atoms with Gasteiger partial charge >= 0.3 is 6.03 Å². The van der Waals surface area contributed by atoms with Crippen LogP contribution in [-0.4, -0.2) is 37.2 Å². The third-order valence-electron chi connectivity index (χ3n) is 6.01. The number of nitrogens with zero attached hydrogens (tertiary/aromatic N) is 5. The summed E-state index contributed by atoms with van der Waals surface area (Å²) < 4.78 is 7.53. The van der Waals surface area contributed by atoms with Crippen molar-refractivity contribution in [3.63, 3.8) is 0 Å². The Hall–Kier alpha value is -3.16. The van der Waals surface area contributed by atoms with Crippen LogP contribution in [0.2, 0.25) is 0 Å². The van der Waals surface area contributed by atoms with E-state index in [0.717, 1.165) is 29.4 Å². The van der Waals surface area contributed by atoms with Gasteiger partial charge in [0.15, 0.2) is 5.82 Å². The highest BCUT2D eigenvalue weighted by molar-refractivity contribution is 5.89. The molecule has 8 nitrogen and oxygen atoms in total. The Labute approximate surface area is 168 Å². The number of oxazole rings is 1. The summed E-state index contributed by atoms with van der Waals surface area (Å²) in [5.74, 6) is 3.06. The summed E-state index contributed by atoms with van der Waals surface area (Å²) >= 11 is 0. The largest absolute Gasteiger partial charge is 0.445 e. The van der Waals surface area contributed by atoms with E-state index < -0.39 is 0 Å². The van der Waals surface area contributed by atoms with Gasteiger partial charge in [-0.25, -0.2) is 9.78 Å². The maximum absolute atomic E-state index is 12.9. The zero-order chi connectivity index (χ0) is 19.8. The number of carbonyl (C=O) groups is 1. The summed E-state index contributed by atoms with van der Waals surface area (Å²) in [4.78, 5) is 18.8. The Balaban J connectivity index is 1.28. The van der Waals surface area contributed by atoms with Crippen molar-refractivity contribution in [2.45, 2.75) is 51.1 Å². The molecule has 2 aromatic heterocycles. The number of fused-ring (bicyclic) bond motifs is 1. The first-order valence-corrected chi connectivity index (χ1v) is 10.2. The lowest BCUT2D eigenvalue weighted by Gasteiger charge is -2.34. The summed E-state index contributed by atoms with van der Waals surface area (Å²) in [6, 6.07) is 7.23. The summed E-state index contributed by atoms with van der Waals surface area (Å²) in [7, 11) is 0. The Bertz CT molecular complexity index is 989. The highest BCUT2D eigenvalue weighted by Gasteiger charge is 2.33. The molecule has 1 fully saturated rings. The van der Waals surface area contributed by atoms with Gasteiger partial charge in [-0.15, -0.1) is 10.2 Å². The van der Waals surface area contributed by atoms with Gasteiger partial charge in [0, 0.05) is 30.3 Å². The molecule has 2 amide bonds. The van der Waals surface area contributed by atoms with E-state index in [9.17, 15) is 4.79 Å². The fourth-order valence-corrected chi connectivity index (χ4v) is 4.43. The number of benzene rings is 1. The molecule has 29 heavy (non-hydrogen) atoms. The molecule has 1 aliphatic heterocycles. The van der Waals surface area contributed by atoms with Crippen molar-refractivity contribution in [1.82, 2.24) is 24.6 Å². The molecule has 0 saturated heterocycles. The minimum atomic E-state index is -0.127. The van der Waals surface area contributed by atoms with Crippen molar-refractivity contribution in [3.8, 4) is 11.5 Å². The maximum atomic E-state index is 12.9. The van der Waals surface area contributed by atoms with Crippen LogP contribution >= 0.6 is 0 Å². The molecule has 1 aliphatic carbocycles. The molecule has 1 N–H and O–H groups in total. The summed E-state index contributed by atoms with van der Waals surface area (Å²) in [6.07, 6.45) is 8.08. The number of nitrogens with one attached hydrogen (secondary N) is 1. The predicted molar refractivity (Wildman–Crippen MR) is 107 cm³/mol. The molecule has 1 saturated carbocycles. The number of hydrogen-bond acceptors (Lipinski definition) is 5. The van der Waals surface area contributed by atoms with E-state index in [4.69, 9.17) is 4.42 Å². The van der Waals surface area contributed by atoms with E-state index in [-0.39, 0.29) is 12.1 Å². The normalized spacial score (nSPS) is 19.3. The molecule has 2 aliphatic rings. The number of rotatable bonds is 3. The van der Waals surface area contributed by atoms with E-state index in [0.29, 0.717) is 18.4 Å². The van der Waals surface area contributed by atoms with Crippen LogP contribution in [0.15, 0.2) is 41.1 Å². The third kappa shape index (κ3) is 3.28. The van der Waals surface area contributed by atoms with Crippen LogP contribution in [0.25, 0.3) is 11.5 Å². The van der Waals surface area contributed by atoms with Gasteiger partial charge in [-0.2, -0.15) is 0 Å². The second-order valence-corrected chi connectivity index (χ2v) is 7.76. The first-order valence-electron chi connectivity index (χ1n) is 10.2. The van der Waals surface area contributed by atoms with Crippen molar-refractivity contribution in [3.05, 3.63) is 48.4 Å². The molecule has 8 heteroatoms. The molecular weight excluding hydrogens is 368 g/mol. The Morgan fingerprint density at radius 2 is 1.86 bits per heavy atom. The number of hydrogen-bond donors (Lipinski definition) is 1. The quantitative estimate of drug-likeness (QED) is 0.722. The van der Waals surface area contributed by atoms with Crippen molar-refractivity contribution < 1.29 is 9.21 Å². The minimum Gasteiger partial charge on any atom is -0.445 e. The minimum absolute atomic E-state index is 0.113. The van der Waals surface area contributed by atoms with E-state index in [2.05, 4.69) is 25.1 Å². The summed E-state index contributed by atoms with van der Waals surface area (Å²) in [5.41, 5.74) is 1.60. The zero-order valence-electron chi connectivity index (χ0n) is 16.4. The van der Waals surface area contributed by atoms with Crippen LogP contribution in [0.5, 0.6) is 0 Å². The van der Waals surface area contributed by atoms with Gasteiger partial charge in [-0.05, 0) is 44.0 Å². The fourth-order valence-electron chi connectivity index (χ4n) is 4.43. The average molecular weight is 392 g/mol. The van der Waals surface area contributed by atoms with E-state index in [1.54, 1.807) is 12.5 Å². The van der Waals surface area contributed by atoms with Crippen LogP contribution < -0.4 is 5.32 Å². The average Bonchev–Trinajstić information content (AvgIpc) is 3.49. The number of carbonyl (C=O) groups excluding carboxylic acids is 1. The van der Waals surface area contributed by atoms with Crippen LogP contribution in [0.3, 0.4) is 0 Å². The maximum Gasteiger partial charge on any atom is 0.322 e.